The third-order valence-corrected chi connectivity index (χ3v) is 4.98. The Bertz CT molecular complexity index is 817. The molecular formula is C22H29N5O2. The van der Waals surface area contributed by atoms with E-state index in [0.29, 0.717) is 12.5 Å². The van der Waals surface area contributed by atoms with Gasteiger partial charge in [-0.3, -0.25) is 9.79 Å². The Balaban J connectivity index is 1.42. The number of guanidine groups is 1. The molecule has 29 heavy (non-hydrogen) atoms. The van der Waals surface area contributed by atoms with E-state index in [2.05, 4.69) is 32.7 Å². The standard InChI is InChI=1S/C22H29N5O2/c1-23-22(24-16-18-7-6-10-20(15-18)29-2)25-17-21(28)27-13-11-26(12-14-27)19-8-4-3-5-9-19/h3-10,15H,11-14,16-17H2,1-2H3,(H2,23,24,25). The highest BCUT2D eigenvalue weighted by atomic mass is 16.5. The van der Waals surface area contributed by atoms with Gasteiger partial charge < -0.3 is 25.2 Å². The van der Waals surface area contributed by atoms with Gasteiger partial charge in [0.25, 0.3) is 0 Å². The fraction of sp³-hybridized carbons (Fsp3) is 0.364. The van der Waals surface area contributed by atoms with Gasteiger partial charge in [-0.15, -0.1) is 0 Å². The van der Waals surface area contributed by atoms with Crippen LogP contribution in [-0.4, -0.2) is 63.6 Å². The van der Waals surface area contributed by atoms with E-state index >= 15 is 0 Å². The smallest absolute Gasteiger partial charge is 0.242 e. The lowest BCUT2D eigenvalue weighted by Gasteiger charge is -2.36. The number of carbonyl (C=O) groups is 1. The van der Waals surface area contributed by atoms with Gasteiger partial charge in [0.1, 0.15) is 5.75 Å². The van der Waals surface area contributed by atoms with E-state index in [0.717, 1.165) is 37.5 Å². The number of nitrogens with zero attached hydrogens (tertiary/aromatic N) is 3. The summed E-state index contributed by atoms with van der Waals surface area (Å²) < 4.78 is 5.24. The zero-order valence-corrected chi connectivity index (χ0v) is 17.1. The molecule has 0 spiro atoms. The summed E-state index contributed by atoms with van der Waals surface area (Å²) in [4.78, 5) is 21.0. The number of benzene rings is 2. The van der Waals surface area contributed by atoms with Crippen molar-refractivity contribution in [3.8, 4) is 5.75 Å². The van der Waals surface area contributed by atoms with Crippen molar-refractivity contribution in [2.75, 3.05) is 51.8 Å². The Morgan fingerprint density at radius 2 is 1.79 bits per heavy atom. The number of methoxy groups -OCH3 is 1. The molecule has 0 bridgehead atoms. The average molecular weight is 396 g/mol. The Morgan fingerprint density at radius 3 is 2.48 bits per heavy atom. The first-order valence-corrected chi connectivity index (χ1v) is 9.85. The molecule has 0 radical (unpaired) electrons. The molecule has 1 amide bonds. The highest BCUT2D eigenvalue weighted by Gasteiger charge is 2.21. The molecule has 1 aliphatic heterocycles. The molecule has 0 saturated carbocycles. The number of hydrogen-bond acceptors (Lipinski definition) is 4. The van der Waals surface area contributed by atoms with Crippen molar-refractivity contribution in [3.63, 3.8) is 0 Å². The molecule has 1 fully saturated rings. The number of aliphatic imine (C=N–C) groups is 1. The summed E-state index contributed by atoms with van der Waals surface area (Å²) >= 11 is 0. The van der Waals surface area contributed by atoms with E-state index < -0.39 is 0 Å². The minimum absolute atomic E-state index is 0.0852. The van der Waals surface area contributed by atoms with Crippen LogP contribution in [0.1, 0.15) is 5.56 Å². The largest absolute Gasteiger partial charge is 0.497 e. The summed E-state index contributed by atoms with van der Waals surface area (Å²) in [5.74, 6) is 1.50. The summed E-state index contributed by atoms with van der Waals surface area (Å²) in [5.41, 5.74) is 2.29. The highest BCUT2D eigenvalue weighted by molar-refractivity contribution is 5.86. The van der Waals surface area contributed by atoms with E-state index in [9.17, 15) is 4.79 Å². The van der Waals surface area contributed by atoms with E-state index in [1.807, 2.05) is 47.4 Å². The predicted molar refractivity (Wildman–Crippen MR) is 116 cm³/mol. The zero-order valence-electron chi connectivity index (χ0n) is 17.1. The first kappa shape index (κ1) is 20.5. The second kappa shape index (κ2) is 10.4. The Hall–Kier alpha value is -3.22. The molecule has 0 atom stereocenters. The van der Waals surface area contributed by atoms with Crippen LogP contribution in [0.2, 0.25) is 0 Å². The molecular weight excluding hydrogens is 366 g/mol. The Labute approximate surface area is 172 Å². The monoisotopic (exact) mass is 395 g/mol. The van der Waals surface area contributed by atoms with Crippen LogP contribution in [0.25, 0.3) is 0 Å². The van der Waals surface area contributed by atoms with Crippen LogP contribution in [0.4, 0.5) is 5.69 Å². The first-order chi connectivity index (χ1) is 14.2. The molecule has 2 aromatic carbocycles. The van der Waals surface area contributed by atoms with Gasteiger partial charge in [0.2, 0.25) is 5.91 Å². The van der Waals surface area contributed by atoms with Crippen molar-refractivity contribution < 1.29 is 9.53 Å². The SMILES string of the molecule is CN=C(NCC(=O)N1CCN(c2ccccc2)CC1)NCc1cccc(OC)c1. The molecule has 0 aliphatic carbocycles. The molecule has 1 heterocycles. The van der Waals surface area contributed by atoms with Gasteiger partial charge in [0, 0.05) is 45.5 Å². The normalized spacial score (nSPS) is 14.5. The van der Waals surface area contributed by atoms with Crippen LogP contribution >= 0.6 is 0 Å². The quantitative estimate of drug-likeness (QED) is 0.576. The summed E-state index contributed by atoms with van der Waals surface area (Å²) in [6.45, 7) is 3.97. The number of anilines is 1. The van der Waals surface area contributed by atoms with Crippen LogP contribution in [0.5, 0.6) is 5.75 Å². The minimum Gasteiger partial charge on any atom is -0.497 e. The van der Waals surface area contributed by atoms with Crippen LogP contribution < -0.4 is 20.3 Å². The van der Waals surface area contributed by atoms with Gasteiger partial charge in [-0.1, -0.05) is 30.3 Å². The van der Waals surface area contributed by atoms with E-state index in [1.54, 1.807) is 14.2 Å². The summed E-state index contributed by atoms with van der Waals surface area (Å²) in [6, 6.07) is 18.2. The maximum absolute atomic E-state index is 12.6. The molecule has 2 aromatic rings. The number of nitrogens with one attached hydrogen (secondary N) is 2. The molecule has 0 unspecified atom stereocenters. The fourth-order valence-electron chi connectivity index (χ4n) is 3.31. The topological polar surface area (TPSA) is 69.2 Å². The zero-order chi connectivity index (χ0) is 20.5. The van der Waals surface area contributed by atoms with Gasteiger partial charge in [-0.2, -0.15) is 0 Å². The first-order valence-electron chi connectivity index (χ1n) is 9.85. The fourth-order valence-corrected chi connectivity index (χ4v) is 3.31. The maximum atomic E-state index is 12.6. The second-order valence-corrected chi connectivity index (χ2v) is 6.83. The number of amides is 1. The second-order valence-electron chi connectivity index (χ2n) is 6.83. The number of hydrogen-bond donors (Lipinski definition) is 2. The number of carbonyl (C=O) groups excluding carboxylic acids is 1. The van der Waals surface area contributed by atoms with E-state index in [1.165, 1.54) is 5.69 Å². The van der Waals surface area contributed by atoms with Crippen molar-refractivity contribution in [2.24, 2.45) is 4.99 Å². The van der Waals surface area contributed by atoms with Gasteiger partial charge in [-0.25, -0.2) is 0 Å². The highest BCUT2D eigenvalue weighted by Crippen LogP contribution is 2.15. The van der Waals surface area contributed by atoms with Gasteiger partial charge in [0.05, 0.1) is 13.7 Å². The third kappa shape index (κ3) is 5.88. The van der Waals surface area contributed by atoms with E-state index in [4.69, 9.17) is 4.74 Å². The van der Waals surface area contributed by atoms with Gasteiger partial charge >= 0.3 is 0 Å². The Morgan fingerprint density at radius 1 is 1.03 bits per heavy atom. The van der Waals surface area contributed by atoms with Crippen molar-refractivity contribution in [1.82, 2.24) is 15.5 Å². The van der Waals surface area contributed by atoms with Crippen LogP contribution in [-0.2, 0) is 11.3 Å². The minimum atomic E-state index is 0.0852. The van der Waals surface area contributed by atoms with Crippen molar-refractivity contribution in [2.45, 2.75) is 6.54 Å². The van der Waals surface area contributed by atoms with Crippen LogP contribution in [0, 0.1) is 0 Å². The van der Waals surface area contributed by atoms with Crippen molar-refractivity contribution >= 4 is 17.6 Å². The van der Waals surface area contributed by atoms with Gasteiger partial charge in [0.15, 0.2) is 5.96 Å². The molecule has 7 nitrogen and oxygen atoms in total. The molecule has 2 N–H and O–H groups in total. The molecule has 0 aromatic heterocycles. The summed E-state index contributed by atoms with van der Waals surface area (Å²) in [7, 11) is 3.35. The number of ether oxygens (including phenoxy) is 1. The van der Waals surface area contributed by atoms with Gasteiger partial charge in [-0.05, 0) is 29.8 Å². The number of para-hydroxylation sites is 1. The number of rotatable bonds is 6. The molecule has 1 aliphatic rings. The molecule has 7 heteroatoms. The van der Waals surface area contributed by atoms with Crippen molar-refractivity contribution in [3.05, 3.63) is 60.2 Å². The lowest BCUT2D eigenvalue weighted by Crippen LogP contribution is -2.52. The maximum Gasteiger partial charge on any atom is 0.242 e. The molecule has 154 valence electrons. The average Bonchev–Trinajstić information content (AvgIpc) is 2.80. The van der Waals surface area contributed by atoms with Crippen LogP contribution in [0.3, 0.4) is 0 Å². The predicted octanol–water partition coefficient (Wildman–Crippen LogP) is 1.71. The summed E-state index contributed by atoms with van der Waals surface area (Å²) in [5, 5.41) is 6.34. The summed E-state index contributed by atoms with van der Waals surface area (Å²) in [6.07, 6.45) is 0. The number of piperazine rings is 1. The lowest BCUT2D eigenvalue weighted by molar-refractivity contribution is -0.130. The molecule has 3 rings (SSSR count). The van der Waals surface area contributed by atoms with Crippen LogP contribution in [0.15, 0.2) is 59.6 Å². The van der Waals surface area contributed by atoms with Crippen molar-refractivity contribution in [1.29, 1.82) is 0 Å². The third-order valence-electron chi connectivity index (χ3n) is 4.98. The molecule has 1 saturated heterocycles. The Kier molecular flexibility index (Phi) is 7.33. The van der Waals surface area contributed by atoms with E-state index in [-0.39, 0.29) is 12.5 Å². The lowest BCUT2D eigenvalue weighted by atomic mass is 10.2.